The van der Waals surface area contributed by atoms with E-state index >= 15 is 0 Å². The molecule has 0 spiro atoms. The van der Waals surface area contributed by atoms with Crippen molar-refractivity contribution in [2.45, 2.75) is 19.4 Å². The number of carbonyl (C=O) groups excluding carboxylic acids is 2. The van der Waals surface area contributed by atoms with Crippen LogP contribution in [0.5, 0.6) is 0 Å². The van der Waals surface area contributed by atoms with E-state index in [0.29, 0.717) is 11.3 Å². The second kappa shape index (κ2) is 4.56. The van der Waals surface area contributed by atoms with Crippen molar-refractivity contribution in [3.05, 3.63) is 39.9 Å². The number of amides is 1. The molecule has 1 saturated carbocycles. The highest BCUT2D eigenvalue weighted by molar-refractivity contribution is 5.98. The van der Waals surface area contributed by atoms with Crippen LogP contribution >= 0.6 is 0 Å². The third-order valence-corrected chi connectivity index (χ3v) is 2.90. The number of rotatable bonds is 4. The Kier molecular flexibility index (Phi) is 3.10. The van der Waals surface area contributed by atoms with E-state index in [1.807, 2.05) is 0 Å². The summed E-state index contributed by atoms with van der Waals surface area (Å²) in [6.07, 6.45) is 0.283. The minimum Gasteiger partial charge on any atom is -0.326 e. The van der Waals surface area contributed by atoms with Gasteiger partial charge >= 0.3 is 0 Å². The van der Waals surface area contributed by atoms with Crippen molar-refractivity contribution in [3.63, 3.8) is 0 Å². The van der Waals surface area contributed by atoms with E-state index in [9.17, 15) is 19.7 Å². The van der Waals surface area contributed by atoms with Gasteiger partial charge in [-0.25, -0.2) is 0 Å². The molecule has 0 aromatic heterocycles. The lowest BCUT2D eigenvalue weighted by atomic mass is 10.1. The number of nitro groups is 1. The molecule has 0 unspecified atom stereocenters. The van der Waals surface area contributed by atoms with E-state index in [0.717, 1.165) is 0 Å². The van der Waals surface area contributed by atoms with Gasteiger partial charge in [0.2, 0.25) is 11.9 Å². The van der Waals surface area contributed by atoms with Crippen molar-refractivity contribution >= 4 is 17.4 Å². The predicted molar refractivity (Wildman–Crippen MR) is 64.0 cm³/mol. The van der Waals surface area contributed by atoms with Crippen LogP contribution < -0.4 is 5.32 Å². The van der Waals surface area contributed by atoms with Crippen LogP contribution in [0.3, 0.4) is 0 Å². The van der Waals surface area contributed by atoms with Crippen LogP contribution in [0, 0.1) is 16.0 Å². The Labute approximate surface area is 103 Å². The Balaban J connectivity index is 2.02. The number of ketones is 1. The van der Waals surface area contributed by atoms with Crippen LogP contribution in [0.15, 0.2) is 24.3 Å². The molecule has 1 N–H and O–H groups in total. The summed E-state index contributed by atoms with van der Waals surface area (Å²) in [4.78, 5) is 32.9. The number of hydrogen-bond acceptors (Lipinski definition) is 4. The van der Waals surface area contributed by atoms with Crippen LogP contribution in [0.2, 0.25) is 0 Å². The van der Waals surface area contributed by atoms with Crippen molar-refractivity contribution < 1.29 is 14.5 Å². The first kappa shape index (κ1) is 12.2. The third-order valence-electron chi connectivity index (χ3n) is 2.90. The first-order valence-corrected chi connectivity index (χ1v) is 5.54. The number of anilines is 1. The molecule has 0 heterocycles. The van der Waals surface area contributed by atoms with Gasteiger partial charge < -0.3 is 5.32 Å². The number of Topliss-reactive ketones (excluding diaryl/α,β-unsaturated/α-hetero) is 1. The summed E-state index contributed by atoms with van der Waals surface area (Å²) < 4.78 is 0. The van der Waals surface area contributed by atoms with Gasteiger partial charge in [-0.2, -0.15) is 0 Å². The van der Waals surface area contributed by atoms with Gasteiger partial charge in [0.25, 0.3) is 0 Å². The van der Waals surface area contributed by atoms with Crippen molar-refractivity contribution in [2.24, 2.45) is 5.92 Å². The average molecular weight is 248 g/mol. The molecule has 6 heteroatoms. The van der Waals surface area contributed by atoms with Crippen LogP contribution in [0.1, 0.15) is 23.7 Å². The fraction of sp³-hybridized carbons (Fsp3) is 0.333. The monoisotopic (exact) mass is 248 g/mol. The second-order valence-electron chi connectivity index (χ2n) is 4.32. The Morgan fingerprint density at radius 1 is 1.44 bits per heavy atom. The number of carbonyl (C=O) groups is 2. The van der Waals surface area contributed by atoms with Gasteiger partial charge in [0.1, 0.15) is 5.92 Å². The van der Waals surface area contributed by atoms with Gasteiger partial charge in [-0.1, -0.05) is 12.1 Å². The Morgan fingerprint density at radius 3 is 2.72 bits per heavy atom. The Morgan fingerprint density at radius 2 is 2.17 bits per heavy atom. The molecule has 1 aliphatic carbocycles. The molecule has 0 aliphatic heterocycles. The first-order chi connectivity index (χ1) is 8.49. The first-order valence-electron chi connectivity index (χ1n) is 5.54. The Bertz CT molecular complexity index is 527. The fourth-order valence-electron chi connectivity index (χ4n) is 1.75. The topological polar surface area (TPSA) is 89.3 Å². The lowest BCUT2D eigenvalue weighted by Gasteiger charge is -2.04. The standard InChI is InChI=1S/C12H12N2O4/c1-7(15)8-3-2-4-9(5-8)13-12(16)10-6-11(10)14(17)18/h2-5,10-11H,6H2,1H3,(H,13,16)/t10-,11+/m0/s1. The van der Waals surface area contributed by atoms with E-state index < -0.39 is 16.9 Å². The molecule has 1 aliphatic rings. The Hall–Kier alpha value is -2.24. The minimum atomic E-state index is -0.763. The maximum Gasteiger partial charge on any atom is 0.234 e. The summed E-state index contributed by atoms with van der Waals surface area (Å²) in [6.45, 7) is 1.44. The molecule has 0 saturated heterocycles. The zero-order valence-corrected chi connectivity index (χ0v) is 9.75. The molecule has 18 heavy (non-hydrogen) atoms. The highest BCUT2D eigenvalue weighted by atomic mass is 16.6. The van der Waals surface area contributed by atoms with Crippen molar-refractivity contribution in [3.8, 4) is 0 Å². The molecule has 0 bridgehead atoms. The maximum atomic E-state index is 11.7. The van der Waals surface area contributed by atoms with E-state index in [-0.39, 0.29) is 18.1 Å². The molecule has 1 aromatic carbocycles. The molecule has 1 fully saturated rings. The quantitative estimate of drug-likeness (QED) is 0.496. The average Bonchev–Trinajstić information content (AvgIpc) is 3.09. The second-order valence-corrected chi connectivity index (χ2v) is 4.32. The summed E-state index contributed by atoms with van der Waals surface area (Å²) in [5.41, 5.74) is 0.983. The molecular weight excluding hydrogens is 236 g/mol. The zero-order chi connectivity index (χ0) is 13.3. The van der Waals surface area contributed by atoms with E-state index in [1.165, 1.54) is 6.92 Å². The minimum absolute atomic E-state index is 0.0966. The summed E-state index contributed by atoms with van der Waals surface area (Å²) in [5, 5.41) is 13.0. The smallest absolute Gasteiger partial charge is 0.234 e. The zero-order valence-electron chi connectivity index (χ0n) is 9.75. The number of hydrogen-bond donors (Lipinski definition) is 1. The predicted octanol–water partition coefficient (Wildman–Crippen LogP) is 1.49. The summed E-state index contributed by atoms with van der Waals surface area (Å²) in [7, 11) is 0. The van der Waals surface area contributed by atoms with Crippen LogP contribution in [-0.4, -0.2) is 22.7 Å². The van der Waals surface area contributed by atoms with Gasteiger partial charge in [-0.3, -0.25) is 19.7 Å². The molecule has 1 aromatic rings. The highest BCUT2D eigenvalue weighted by Gasteiger charge is 2.53. The van der Waals surface area contributed by atoms with Gasteiger partial charge in [-0.05, 0) is 19.1 Å². The molecule has 6 nitrogen and oxygen atoms in total. The maximum absolute atomic E-state index is 11.7. The molecule has 94 valence electrons. The van der Waals surface area contributed by atoms with Crippen molar-refractivity contribution in [1.29, 1.82) is 0 Å². The molecule has 2 rings (SSSR count). The fourth-order valence-corrected chi connectivity index (χ4v) is 1.75. The molecular formula is C12H12N2O4. The largest absolute Gasteiger partial charge is 0.326 e. The highest BCUT2D eigenvalue weighted by Crippen LogP contribution is 2.34. The van der Waals surface area contributed by atoms with Gasteiger partial charge in [-0.15, -0.1) is 0 Å². The van der Waals surface area contributed by atoms with E-state index in [2.05, 4.69) is 5.32 Å². The van der Waals surface area contributed by atoms with Crippen LogP contribution in [0.25, 0.3) is 0 Å². The summed E-state index contributed by atoms with van der Waals surface area (Å²) >= 11 is 0. The SMILES string of the molecule is CC(=O)c1cccc(NC(=O)[C@H]2C[C@H]2[N+](=O)[O-])c1. The summed E-state index contributed by atoms with van der Waals surface area (Å²) in [6, 6.07) is 5.75. The lowest BCUT2D eigenvalue weighted by molar-refractivity contribution is -0.497. The van der Waals surface area contributed by atoms with Gasteiger partial charge in [0, 0.05) is 22.6 Å². The van der Waals surface area contributed by atoms with Crippen LogP contribution in [0.4, 0.5) is 5.69 Å². The summed E-state index contributed by atoms with van der Waals surface area (Å²) in [5.74, 6) is -1.01. The van der Waals surface area contributed by atoms with Gasteiger partial charge in [0.15, 0.2) is 5.78 Å². The van der Waals surface area contributed by atoms with E-state index in [4.69, 9.17) is 0 Å². The number of benzene rings is 1. The number of nitrogens with one attached hydrogen (secondary N) is 1. The molecule has 0 radical (unpaired) electrons. The lowest BCUT2D eigenvalue weighted by Crippen LogP contribution is -2.18. The van der Waals surface area contributed by atoms with E-state index in [1.54, 1.807) is 24.3 Å². The third kappa shape index (κ3) is 2.53. The van der Waals surface area contributed by atoms with Crippen molar-refractivity contribution in [1.82, 2.24) is 0 Å². The van der Waals surface area contributed by atoms with Crippen molar-refractivity contribution in [2.75, 3.05) is 5.32 Å². The number of nitrogens with zero attached hydrogens (tertiary/aromatic N) is 1. The van der Waals surface area contributed by atoms with Crippen LogP contribution in [-0.2, 0) is 4.79 Å². The normalized spacial score (nSPS) is 21.2. The molecule has 1 amide bonds. The molecule has 2 atom stereocenters. The van der Waals surface area contributed by atoms with Gasteiger partial charge in [0.05, 0.1) is 0 Å².